The molecule has 0 bridgehead atoms. The summed E-state index contributed by atoms with van der Waals surface area (Å²) in [6.07, 6.45) is 0.531. The van der Waals surface area contributed by atoms with Crippen molar-refractivity contribution in [1.29, 1.82) is 0 Å². The maximum absolute atomic E-state index is 14.4. The topological polar surface area (TPSA) is 83.2 Å². The zero-order valence-corrected chi connectivity index (χ0v) is 18.6. The van der Waals surface area contributed by atoms with Crippen LogP contribution in [-0.2, 0) is 24.3 Å². The van der Waals surface area contributed by atoms with Gasteiger partial charge in [0, 0.05) is 24.1 Å². The van der Waals surface area contributed by atoms with Gasteiger partial charge in [0.25, 0.3) is 5.56 Å². The van der Waals surface area contributed by atoms with E-state index in [0.717, 1.165) is 5.69 Å². The molecule has 3 heterocycles. The molecule has 3 aromatic rings. The number of rotatable bonds is 2. The van der Waals surface area contributed by atoms with E-state index in [1.807, 2.05) is 0 Å². The smallest absolute Gasteiger partial charge is 0.261 e. The summed E-state index contributed by atoms with van der Waals surface area (Å²) < 4.78 is 32.1. The lowest BCUT2D eigenvalue weighted by Gasteiger charge is -2.21. The van der Waals surface area contributed by atoms with Gasteiger partial charge in [-0.1, -0.05) is 16.0 Å². The van der Waals surface area contributed by atoms with E-state index in [0.29, 0.717) is 46.3 Å². The molecule has 2 aromatic heterocycles. The molecule has 0 saturated heterocycles. The van der Waals surface area contributed by atoms with Crippen molar-refractivity contribution in [3.05, 3.63) is 56.8 Å². The molecule has 0 radical (unpaired) electrons. The van der Waals surface area contributed by atoms with Crippen LogP contribution in [0.3, 0.4) is 0 Å². The Hall–Kier alpha value is -2.29. The first-order chi connectivity index (χ1) is 14.1. The van der Waals surface area contributed by atoms with Crippen LogP contribution in [0, 0.1) is 5.82 Å². The Kier molecular flexibility index (Phi) is 5.20. The van der Waals surface area contributed by atoms with E-state index in [2.05, 4.69) is 9.38 Å². The first-order valence-corrected chi connectivity index (χ1v) is 10.9. The molecule has 0 fully saturated rings. The van der Waals surface area contributed by atoms with Crippen molar-refractivity contribution < 1.29 is 8.94 Å². The van der Waals surface area contributed by atoms with Crippen LogP contribution in [-0.4, -0.2) is 29.5 Å². The highest BCUT2D eigenvalue weighted by molar-refractivity contribution is 7.91. The Morgan fingerprint density at radius 1 is 1.30 bits per heavy atom. The van der Waals surface area contributed by atoms with Gasteiger partial charge in [-0.15, -0.1) is 0 Å². The number of fused-ring (bicyclic) bond motifs is 4. The average molecular weight is 447 g/mol. The molecule has 0 amide bonds. The van der Waals surface area contributed by atoms with Crippen molar-refractivity contribution in [3.63, 3.8) is 0 Å². The highest BCUT2D eigenvalue weighted by Crippen LogP contribution is 2.29. The van der Waals surface area contributed by atoms with Crippen LogP contribution in [0.5, 0.6) is 0 Å². The third kappa shape index (κ3) is 3.64. The van der Waals surface area contributed by atoms with Gasteiger partial charge in [0.05, 0.1) is 22.3 Å². The molecule has 1 atom stereocenters. The van der Waals surface area contributed by atoms with Gasteiger partial charge in [-0.2, -0.15) is 0 Å². The van der Waals surface area contributed by atoms with Gasteiger partial charge in [-0.3, -0.25) is 9.36 Å². The normalized spacial score (nSPS) is 15.1. The summed E-state index contributed by atoms with van der Waals surface area (Å²) >= 11 is 4.48. The Labute approximate surface area is 181 Å². The van der Waals surface area contributed by atoms with E-state index in [9.17, 15) is 13.7 Å². The van der Waals surface area contributed by atoms with Crippen LogP contribution in [0.2, 0.25) is 5.15 Å². The van der Waals surface area contributed by atoms with Gasteiger partial charge < -0.3 is 4.55 Å². The van der Waals surface area contributed by atoms with Gasteiger partial charge in [0.15, 0.2) is 0 Å². The zero-order chi connectivity index (χ0) is 21.8. The predicted molar refractivity (Wildman–Crippen MR) is 118 cm³/mol. The molecule has 1 aliphatic rings. The highest BCUT2D eigenvalue weighted by atomic mass is 35.5. The van der Waals surface area contributed by atoms with Gasteiger partial charge >= 0.3 is 0 Å². The standard InChI is InChI=1S/C21H20ClFN4O2S/c1-11(26-30(29)21(2,3)4)14-9-12(23)10-15-18(14)25-19-13-5-6-17(22)24-16(13)7-8-27(19)20(15)28/h5-6,9-10H,7-8H2,1-4H3. The zero-order valence-electron chi connectivity index (χ0n) is 17.0. The van der Waals surface area contributed by atoms with Crippen LogP contribution in [0.25, 0.3) is 22.3 Å². The third-order valence-electron chi connectivity index (χ3n) is 4.91. The lowest BCUT2D eigenvalue weighted by atomic mass is 10.0. The largest absolute Gasteiger partial charge is 0.591 e. The molecule has 30 heavy (non-hydrogen) atoms. The minimum absolute atomic E-state index is 0.162. The molecule has 1 unspecified atom stereocenters. The maximum Gasteiger partial charge on any atom is 0.261 e. The first kappa shape index (κ1) is 21.0. The van der Waals surface area contributed by atoms with E-state index < -0.39 is 21.9 Å². The predicted octanol–water partition coefficient (Wildman–Crippen LogP) is 4.08. The van der Waals surface area contributed by atoms with Gasteiger partial charge in [-0.25, -0.2) is 14.4 Å². The molecule has 6 nitrogen and oxygen atoms in total. The number of hydrogen-bond acceptors (Lipinski definition) is 5. The monoisotopic (exact) mass is 446 g/mol. The van der Waals surface area contributed by atoms with Gasteiger partial charge in [0.1, 0.15) is 32.9 Å². The lowest BCUT2D eigenvalue weighted by molar-refractivity contribution is 0.561. The molecule has 156 valence electrons. The van der Waals surface area contributed by atoms with Crippen molar-refractivity contribution >= 4 is 39.6 Å². The Balaban J connectivity index is 2.00. The van der Waals surface area contributed by atoms with Crippen molar-refractivity contribution in [2.45, 2.75) is 45.4 Å². The number of halogens is 2. The fourth-order valence-corrected chi connectivity index (χ4v) is 4.16. The third-order valence-corrected chi connectivity index (χ3v) is 6.61. The summed E-state index contributed by atoms with van der Waals surface area (Å²) in [6.45, 7) is 7.44. The molecule has 4 rings (SSSR count). The number of benzene rings is 1. The molecule has 1 aliphatic heterocycles. The summed E-state index contributed by atoms with van der Waals surface area (Å²) in [6, 6.07) is 5.89. The highest BCUT2D eigenvalue weighted by Gasteiger charge is 2.28. The quantitative estimate of drug-likeness (QED) is 0.337. The van der Waals surface area contributed by atoms with Crippen LogP contribution >= 0.6 is 11.6 Å². The number of pyridine rings is 1. The summed E-state index contributed by atoms with van der Waals surface area (Å²) in [5.41, 5.74) is 2.17. The average Bonchev–Trinajstić information content (AvgIpc) is 2.67. The SMILES string of the molecule is CC(=N[S+]([O-])C(C)(C)C)c1cc(F)cc2c(=O)n3c(nc12)-c1ccc(Cl)nc1CC3. The maximum atomic E-state index is 14.4. The molecule has 1 aromatic carbocycles. The van der Waals surface area contributed by atoms with E-state index in [1.165, 1.54) is 16.7 Å². The summed E-state index contributed by atoms with van der Waals surface area (Å²) in [5, 5.41) is 0.538. The fourth-order valence-electron chi connectivity index (χ4n) is 3.38. The second-order valence-electron chi connectivity index (χ2n) is 8.16. The number of aryl methyl sites for hydroxylation is 1. The van der Waals surface area contributed by atoms with Crippen molar-refractivity contribution in [1.82, 2.24) is 14.5 Å². The van der Waals surface area contributed by atoms with Crippen LogP contribution in [0.4, 0.5) is 4.39 Å². The minimum atomic E-state index is -1.53. The fraction of sp³-hybridized carbons (Fsp3) is 0.333. The molecule has 0 N–H and O–H groups in total. The Bertz CT molecular complexity index is 1270. The number of nitrogens with zero attached hydrogens (tertiary/aromatic N) is 4. The second kappa shape index (κ2) is 7.44. The van der Waals surface area contributed by atoms with Crippen LogP contribution < -0.4 is 5.56 Å². The van der Waals surface area contributed by atoms with E-state index in [-0.39, 0.29) is 10.9 Å². The molecular weight excluding hydrogens is 427 g/mol. The Morgan fingerprint density at radius 3 is 2.73 bits per heavy atom. The molecule has 9 heteroatoms. The van der Waals surface area contributed by atoms with Gasteiger partial charge in [0.2, 0.25) is 0 Å². The number of aromatic nitrogens is 3. The summed E-state index contributed by atoms with van der Waals surface area (Å²) in [5.74, 6) is -0.117. The summed E-state index contributed by atoms with van der Waals surface area (Å²) in [4.78, 5) is 22.2. The van der Waals surface area contributed by atoms with Crippen molar-refractivity contribution in [2.75, 3.05) is 0 Å². The van der Waals surface area contributed by atoms with Gasteiger partial charge in [-0.05, 0) is 52.0 Å². The molecule has 0 aliphatic carbocycles. The van der Waals surface area contributed by atoms with E-state index in [4.69, 9.17) is 16.6 Å². The minimum Gasteiger partial charge on any atom is -0.591 e. The molecule has 0 saturated carbocycles. The molecular formula is C21H20ClFN4O2S. The van der Waals surface area contributed by atoms with Crippen LogP contribution in [0.15, 0.2) is 33.5 Å². The van der Waals surface area contributed by atoms with Crippen LogP contribution in [0.1, 0.15) is 39.0 Å². The Morgan fingerprint density at radius 2 is 2.03 bits per heavy atom. The molecule has 0 spiro atoms. The van der Waals surface area contributed by atoms with E-state index >= 15 is 0 Å². The first-order valence-electron chi connectivity index (χ1n) is 9.44. The second-order valence-corrected chi connectivity index (χ2v) is 10.5. The lowest BCUT2D eigenvalue weighted by Crippen LogP contribution is -2.29. The summed E-state index contributed by atoms with van der Waals surface area (Å²) in [7, 11) is 0. The van der Waals surface area contributed by atoms with E-state index in [1.54, 1.807) is 39.8 Å². The number of hydrogen-bond donors (Lipinski definition) is 0. The van der Waals surface area contributed by atoms with Crippen molar-refractivity contribution in [3.8, 4) is 11.4 Å². The van der Waals surface area contributed by atoms with Crippen molar-refractivity contribution in [2.24, 2.45) is 4.40 Å².